The van der Waals surface area contributed by atoms with Crippen LogP contribution in [0.2, 0.25) is 0 Å². The average molecular weight is 367 g/mol. The number of aromatic nitrogens is 4. The summed E-state index contributed by atoms with van der Waals surface area (Å²) in [6.07, 6.45) is 1.73. The molecule has 142 valence electrons. The second-order valence-corrected chi connectivity index (χ2v) is 7.31. The van der Waals surface area contributed by atoms with Crippen molar-refractivity contribution in [3.05, 3.63) is 50.2 Å². The molecule has 0 fully saturated rings. The number of fused-ring (bicyclic) bond motifs is 3. The van der Waals surface area contributed by atoms with Crippen molar-refractivity contribution in [1.82, 2.24) is 18.7 Å². The number of nitrogens with zero attached hydrogens (tertiary/aromatic N) is 5. The molecule has 7 nitrogen and oxygen atoms in total. The van der Waals surface area contributed by atoms with Gasteiger partial charge in [0.2, 0.25) is 5.95 Å². The monoisotopic (exact) mass is 367 g/mol. The smallest absolute Gasteiger partial charge is 0.310 e. The summed E-state index contributed by atoms with van der Waals surface area (Å²) in [5, 5.41) is 0. The SMILES string of the molecule is CCCCn1c(=O)c2c(nc3n2CCN3c2ccc(C)c(C)c2)n(C)c1=O. The summed E-state index contributed by atoms with van der Waals surface area (Å²) in [5.41, 5.74) is 3.97. The van der Waals surface area contributed by atoms with Gasteiger partial charge in [-0.15, -0.1) is 0 Å². The molecule has 1 aliphatic rings. The highest BCUT2D eigenvalue weighted by Gasteiger charge is 2.28. The molecular formula is C20H25N5O2. The van der Waals surface area contributed by atoms with Gasteiger partial charge in [0.15, 0.2) is 11.2 Å². The molecule has 0 saturated heterocycles. The lowest BCUT2D eigenvalue weighted by Crippen LogP contribution is -2.39. The van der Waals surface area contributed by atoms with E-state index in [0.29, 0.717) is 24.3 Å². The van der Waals surface area contributed by atoms with Gasteiger partial charge in [0.25, 0.3) is 5.56 Å². The van der Waals surface area contributed by atoms with Crippen molar-refractivity contribution in [2.24, 2.45) is 7.05 Å². The molecular weight excluding hydrogens is 342 g/mol. The normalized spacial score (nSPS) is 13.6. The van der Waals surface area contributed by atoms with Crippen LogP contribution in [-0.4, -0.2) is 25.2 Å². The minimum absolute atomic E-state index is 0.234. The first-order valence-electron chi connectivity index (χ1n) is 9.49. The summed E-state index contributed by atoms with van der Waals surface area (Å²) < 4.78 is 4.80. The van der Waals surface area contributed by atoms with Crippen molar-refractivity contribution in [2.75, 3.05) is 11.4 Å². The number of imidazole rings is 1. The number of aryl methyl sites for hydroxylation is 3. The third kappa shape index (κ3) is 2.60. The van der Waals surface area contributed by atoms with E-state index in [1.807, 2.05) is 11.5 Å². The molecule has 27 heavy (non-hydrogen) atoms. The lowest BCUT2D eigenvalue weighted by Gasteiger charge is -2.17. The van der Waals surface area contributed by atoms with Crippen LogP contribution in [0.3, 0.4) is 0 Å². The molecule has 1 aromatic carbocycles. The predicted octanol–water partition coefficient (Wildman–Crippen LogP) is 2.47. The standard InChI is InChI=1S/C20H25N5O2/c1-5-6-9-25-18(26)16-17(22(4)20(25)27)21-19-23(10-11-24(16)19)15-8-7-13(2)14(3)12-15/h7-8,12H,5-6,9-11H2,1-4H3. The summed E-state index contributed by atoms with van der Waals surface area (Å²) >= 11 is 0. The Morgan fingerprint density at radius 3 is 2.59 bits per heavy atom. The number of benzene rings is 1. The predicted molar refractivity (Wildman–Crippen MR) is 107 cm³/mol. The van der Waals surface area contributed by atoms with Crippen molar-refractivity contribution in [2.45, 2.75) is 46.7 Å². The average Bonchev–Trinajstić information content (AvgIpc) is 3.21. The number of unbranched alkanes of at least 4 members (excludes halogenated alkanes) is 1. The zero-order valence-electron chi connectivity index (χ0n) is 16.3. The number of hydrogen-bond acceptors (Lipinski definition) is 4. The van der Waals surface area contributed by atoms with Crippen LogP contribution < -0.4 is 16.1 Å². The van der Waals surface area contributed by atoms with E-state index in [1.54, 1.807) is 7.05 Å². The van der Waals surface area contributed by atoms with E-state index in [1.165, 1.54) is 20.3 Å². The van der Waals surface area contributed by atoms with Crippen LogP contribution in [0.25, 0.3) is 11.2 Å². The Kier molecular flexibility index (Phi) is 4.17. The van der Waals surface area contributed by atoms with E-state index in [0.717, 1.165) is 31.0 Å². The van der Waals surface area contributed by atoms with Gasteiger partial charge in [-0.3, -0.25) is 13.9 Å². The molecule has 0 N–H and O–H groups in total. The first-order valence-corrected chi connectivity index (χ1v) is 9.49. The number of hydrogen-bond donors (Lipinski definition) is 0. The Morgan fingerprint density at radius 2 is 1.89 bits per heavy atom. The summed E-state index contributed by atoms with van der Waals surface area (Å²) in [5.74, 6) is 0.730. The largest absolute Gasteiger partial charge is 0.332 e. The molecule has 7 heteroatoms. The lowest BCUT2D eigenvalue weighted by atomic mass is 10.1. The Balaban J connectivity index is 1.91. The fourth-order valence-corrected chi connectivity index (χ4v) is 3.73. The van der Waals surface area contributed by atoms with E-state index in [4.69, 9.17) is 0 Å². The Bertz CT molecular complexity index is 1150. The highest BCUT2D eigenvalue weighted by Crippen LogP contribution is 2.32. The van der Waals surface area contributed by atoms with Gasteiger partial charge < -0.3 is 9.47 Å². The molecule has 0 bridgehead atoms. The summed E-state index contributed by atoms with van der Waals surface area (Å²) in [7, 11) is 1.69. The maximum atomic E-state index is 13.0. The summed E-state index contributed by atoms with van der Waals surface area (Å²) in [6.45, 7) is 8.12. The zero-order valence-corrected chi connectivity index (χ0v) is 16.3. The van der Waals surface area contributed by atoms with Crippen LogP contribution in [0.4, 0.5) is 11.6 Å². The zero-order chi connectivity index (χ0) is 19.3. The number of rotatable bonds is 4. The first-order chi connectivity index (χ1) is 12.9. The van der Waals surface area contributed by atoms with Gasteiger partial charge in [-0.2, -0.15) is 4.98 Å². The van der Waals surface area contributed by atoms with E-state index >= 15 is 0 Å². The van der Waals surface area contributed by atoms with Gasteiger partial charge in [-0.1, -0.05) is 19.4 Å². The van der Waals surface area contributed by atoms with Crippen LogP contribution in [0.5, 0.6) is 0 Å². The second kappa shape index (κ2) is 6.40. The molecule has 0 amide bonds. The Morgan fingerprint density at radius 1 is 1.11 bits per heavy atom. The van der Waals surface area contributed by atoms with Gasteiger partial charge in [-0.25, -0.2) is 4.79 Å². The van der Waals surface area contributed by atoms with Crippen molar-refractivity contribution in [3.8, 4) is 0 Å². The Labute approximate surface area is 157 Å². The van der Waals surface area contributed by atoms with E-state index < -0.39 is 0 Å². The van der Waals surface area contributed by atoms with Crippen LogP contribution in [0, 0.1) is 13.8 Å². The molecule has 0 aliphatic carbocycles. The quantitative estimate of drug-likeness (QED) is 0.711. The van der Waals surface area contributed by atoms with E-state index in [2.05, 4.69) is 41.9 Å². The maximum absolute atomic E-state index is 13.0. The van der Waals surface area contributed by atoms with Crippen molar-refractivity contribution in [1.29, 1.82) is 0 Å². The first kappa shape index (κ1) is 17.6. The Hall–Kier alpha value is -2.83. The summed E-state index contributed by atoms with van der Waals surface area (Å²) in [4.78, 5) is 32.5. The molecule has 4 rings (SSSR count). The second-order valence-electron chi connectivity index (χ2n) is 7.31. The van der Waals surface area contributed by atoms with Gasteiger partial charge in [0.05, 0.1) is 0 Å². The molecule has 0 saturated carbocycles. The van der Waals surface area contributed by atoms with Crippen molar-refractivity contribution >= 4 is 22.8 Å². The summed E-state index contributed by atoms with van der Waals surface area (Å²) in [6, 6.07) is 6.32. The third-order valence-electron chi connectivity index (χ3n) is 5.54. The molecule has 0 atom stereocenters. The van der Waals surface area contributed by atoms with Crippen LogP contribution >= 0.6 is 0 Å². The molecule has 0 unspecified atom stereocenters. The van der Waals surface area contributed by atoms with Gasteiger partial charge in [0.1, 0.15) is 0 Å². The van der Waals surface area contributed by atoms with Crippen LogP contribution in [0.1, 0.15) is 30.9 Å². The topological polar surface area (TPSA) is 65.1 Å². The molecule has 3 aromatic rings. The van der Waals surface area contributed by atoms with Crippen molar-refractivity contribution < 1.29 is 0 Å². The highest BCUT2D eigenvalue weighted by atomic mass is 16.2. The van der Waals surface area contributed by atoms with E-state index in [-0.39, 0.29) is 11.2 Å². The molecule has 1 aliphatic heterocycles. The minimum Gasteiger partial charge on any atom is -0.310 e. The van der Waals surface area contributed by atoms with Gasteiger partial charge >= 0.3 is 5.69 Å². The van der Waals surface area contributed by atoms with Crippen molar-refractivity contribution in [3.63, 3.8) is 0 Å². The number of anilines is 2. The minimum atomic E-state index is -0.296. The highest BCUT2D eigenvalue weighted by molar-refractivity contribution is 5.77. The lowest BCUT2D eigenvalue weighted by molar-refractivity contribution is 0.564. The maximum Gasteiger partial charge on any atom is 0.332 e. The molecule has 0 spiro atoms. The van der Waals surface area contributed by atoms with Gasteiger partial charge in [-0.05, 0) is 43.5 Å². The molecule has 3 heterocycles. The van der Waals surface area contributed by atoms with Crippen LogP contribution in [-0.2, 0) is 20.1 Å². The van der Waals surface area contributed by atoms with Gasteiger partial charge in [0, 0.05) is 32.4 Å². The third-order valence-corrected chi connectivity index (χ3v) is 5.54. The van der Waals surface area contributed by atoms with E-state index in [9.17, 15) is 9.59 Å². The fourth-order valence-electron chi connectivity index (χ4n) is 3.73. The fraction of sp³-hybridized carbons (Fsp3) is 0.450. The molecule has 2 aromatic heterocycles. The van der Waals surface area contributed by atoms with Crippen LogP contribution in [0.15, 0.2) is 27.8 Å². The molecule has 0 radical (unpaired) electrons.